The zero-order valence-electron chi connectivity index (χ0n) is 19.3. The molecule has 0 radical (unpaired) electrons. The molecule has 5 rings (SSSR count). The third-order valence-corrected chi connectivity index (χ3v) is 6.00. The maximum Gasteiger partial charge on any atom is 0.249 e. The minimum absolute atomic E-state index is 0.0619. The summed E-state index contributed by atoms with van der Waals surface area (Å²) in [7, 11) is 0. The molecule has 1 unspecified atom stereocenters. The molecule has 4 heterocycles. The van der Waals surface area contributed by atoms with Gasteiger partial charge in [-0.1, -0.05) is 6.07 Å². The minimum atomic E-state index is -0.821. The van der Waals surface area contributed by atoms with Crippen LogP contribution in [0.25, 0.3) is 33.8 Å². The number of imidazole rings is 1. The molecule has 4 aromatic rings. The van der Waals surface area contributed by atoms with Crippen molar-refractivity contribution < 1.29 is 4.79 Å². The highest BCUT2D eigenvalue weighted by atomic mass is 16.2. The van der Waals surface area contributed by atoms with Crippen molar-refractivity contribution in [2.24, 2.45) is 0 Å². The number of rotatable bonds is 5. The van der Waals surface area contributed by atoms with Gasteiger partial charge in [-0.25, -0.2) is 24.9 Å². The van der Waals surface area contributed by atoms with Crippen LogP contribution in [0.3, 0.4) is 0 Å². The SMILES string of the molecule is CCn1c(-c2cnc(C)nc2)nc2c(-c3ccc4c(c3)C(C)(NC(C)C)C(=O)N4)ncnc21. The van der Waals surface area contributed by atoms with E-state index in [4.69, 9.17) is 4.98 Å². The van der Waals surface area contributed by atoms with Crippen LogP contribution in [0, 0.1) is 6.92 Å². The molecule has 1 aliphatic rings. The lowest BCUT2D eigenvalue weighted by molar-refractivity contribution is -0.121. The fraction of sp³-hybridized carbons (Fsp3) is 0.333. The van der Waals surface area contributed by atoms with Crippen LogP contribution in [0.15, 0.2) is 36.9 Å². The predicted molar refractivity (Wildman–Crippen MR) is 126 cm³/mol. The number of aromatic nitrogens is 6. The van der Waals surface area contributed by atoms with Crippen LogP contribution in [0.4, 0.5) is 5.69 Å². The number of nitrogens with zero attached hydrogens (tertiary/aromatic N) is 6. The summed E-state index contributed by atoms with van der Waals surface area (Å²) in [6.07, 6.45) is 5.11. The Morgan fingerprint density at radius 3 is 2.58 bits per heavy atom. The summed E-state index contributed by atoms with van der Waals surface area (Å²) >= 11 is 0. The predicted octanol–water partition coefficient (Wildman–Crippen LogP) is 3.44. The number of aryl methyl sites for hydroxylation is 2. The topological polar surface area (TPSA) is 111 Å². The molecular formula is C24H26N8O. The van der Waals surface area contributed by atoms with Gasteiger partial charge in [0.15, 0.2) is 5.65 Å². The zero-order chi connectivity index (χ0) is 23.3. The number of benzene rings is 1. The van der Waals surface area contributed by atoms with Crippen molar-refractivity contribution in [3.8, 4) is 22.6 Å². The molecule has 9 nitrogen and oxygen atoms in total. The average molecular weight is 443 g/mol. The molecule has 1 aliphatic heterocycles. The Kier molecular flexibility index (Phi) is 4.93. The van der Waals surface area contributed by atoms with Crippen LogP contribution in [-0.2, 0) is 16.9 Å². The molecule has 1 amide bonds. The summed E-state index contributed by atoms with van der Waals surface area (Å²) in [6, 6.07) is 6.04. The third-order valence-electron chi connectivity index (χ3n) is 6.00. The smallest absolute Gasteiger partial charge is 0.249 e. The summed E-state index contributed by atoms with van der Waals surface area (Å²) in [5.41, 5.74) is 4.75. The second-order valence-corrected chi connectivity index (χ2v) is 8.73. The molecule has 168 valence electrons. The molecule has 0 saturated carbocycles. The van der Waals surface area contributed by atoms with E-state index in [-0.39, 0.29) is 11.9 Å². The van der Waals surface area contributed by atoms with E-state index in [0.29, 0.717) is 17.9 Å². The monoisotopic (exact) mass is 442 g/mol. The van der Waals surface area contributed by atoms with Crippen molar-refractivity contribution in [2.45, 2.75) is 52.7 Å². The number of anilines is 1. The van der Waals surface area contributed by atoms with Gasteiger partial charge in [0.05, 0.1) is 5.56 Å². The van der Waals surface area contributed by atoms with Gasteiger partial charge < -0.3 is 9.88 Å². The van der Waals surface area contributed by atoms with E-state index < -0.39 is 5.54 Å². The Hall–Kier alpha value is -3.72. The highest BCUT2D eigenvalue weighted by molar-refractivity contribution is 6.06. The van der Waals surface area contributed by atoms with Gasteiger partial charge in [-0.2, -0.15) is 0 Å². The van der Waals surface area contributed by atoms with Crippen molar-refractivity contribution >= 4 is 22.8 Å². The Bertz CT molecular complexity index is 1380. The number of hydrogen-bond acceptors (Lipinski definition) is 7. The van der Waals surface area contributed by atoms with Gasteiger partial charge in [-0.3, -0.25) is 10.1 Å². The van der Waals surface area contributed by atoms with E-state index in [9.17, 15) is 4.79 Å². The fourth-order valence-electron chi connectivity index (χ4n) is 4.48. The van der Waals surface area contributed by atoms with Crippen LogP contribution < -0.4 is 10.6 Å². The van der Waals surface area contributed by atoms with E-state index in [2.05, 4.69) is 37.5 Å². The summed E-state index contributed by atoms with van der Waals surface area (Å²) in [5.74, 6) is 1.39. The number of amides is 1. The average Bonchev–Trinajstić information content (AvgIpc) is 3.28. The minimum Gasteiger partial charge on any atom is -0.324 e. The molecule has 0 spiro atoms. The van der Waals surface area contributed by atoms with Gasteiger partial charge in [0.2, 0.25) is 5.91 Å². The van der Waals surface area contributed by atoms with Gasteiger partial charge in [0, 0.05) is 41.8 Å². The van der Waals surface area contributed by atoms with E-state index in [1.165, 1.54) is 0 Å². The van der Waals surface area contributed by atoms with E-state index in [1.807, 2.05) is 50.5 Å². The van der Waals surface area contributed by atoms with E-state index >= 15 is 0 Å². The maximum absolute atomic E-state index is 12.8. The first-order valence-corrected chi connectivity index (χ1v) is 11.1. The number of hydrogen-bond donors (Lipinski definition) is 2. The molecule has 33 heavy (non-hydrogen) atoms. The number of fused-ring (bicyclic) bond motifs is 2. The highest BCUT2D eigenvalue weighted by Gasteiger charge is 2.43. The lowest BCUT2D eigenvalue weighted by Gasteiger charge is -2.26. The molecule has 2 N–H and O–H groups in total. The van der Waals surface area contributed by atoms with Crippen molar-refractivity contribution in [1.29, 1.82) is 0 Å². The Balaban J connectivity index is 1.68. The zero-order valence-corrected chi connectivity index (χ0v) is 19.3. The first-order valence-electron chi connectivity index (χ1n) is 11.1. The first kappa shape index (κ1) is 21.1. The van der Waals surface area contributed by atoms with Gasteiger partial charge in [0.25, 0.3) is 0 Å². The molecule has 0 bridgehead atoms. The molecule has 9 heteroatoms. The van der Waals surface area contributed by atoms with Crippen LogP contribution in [0.2, 0.25) is 0 Å². The largest absolute Gasteiger partial charge is 0.324 e. The van der Waals surface area contributed by atoms with Crippen molar-refractivity contribution in [3.63, 3.8) is 0 Å². The highest BCUT2D eigenvalue weighted by Crippen LogP contribution is 2.39. The molecular weight excluding hydrogens is 416 g/mol. The van der Waals surface area contributed by atoms with Crippen molar-refractivity contribution in [3.05, 3.63) is 48.3 Å². The Morgan fingerprint density at radius 2 is 1.88 bits per heavy atom. The Morgan fingerprint density at radius 1 is 1.12 bits per heavy atom. The first-order chi connectivity index (χ1) is 15.8. The molecule has 3 aromatic heterocycles. The molecule has 1 atom stereocenters. The summed E-state index contributed by atoms with van der Waals surface area (Å²) in [6.45, 7) is 10.6. The molecule has 0 fully saturated rings. The van der Waals surface area contributed by atoms with Gasteiger partial charge >= 0.3 is 0 Å². The van der Waals surface area contributed by atoms with Crippen molar-refractivity contribution in [2.75, 3.05) is 5.32 Å². The molecule has 1 aromatic carbocycles. The second-order valence-electron chi connectivity index (χ2n) is 8.73. The standard InChI is InChI=1S/C24H26N8O/c1-6-32-21(16-10-25-14(4)26-11-16)30-20-19(27-12-28-22(20)32)15-7-8-18-17(9-15)24(5,23(33)29-18)31-13(2)3/h7-13,31H,6H2,1-5H3,(H,29,33). The third kappa shape index (κ3) is 3.36. The lowest BCUT2D eigenvalue weighted by atomic mass is 9.91. The van der Waals surface area contributed by atoms with Crippen molar-refractivity contribution in [1.82, 2.24) is 34.8 Å². The Labute approximate surface area is 191 Å². The van der Waals surface area contributed by atoms with Crippen LogP contribution in [0.1, 0.15) is 39.1 Å². The van der Waals surface area contributed by atoms with E-state index in [1.54, 1.807) is 18.7 Å². The summed E-state index contributed by atoms with van der Waals surface area (Å²) in [5, 5.41) is 6.40. The molecule has 0 saturated heterocycles. The molecule has 0 aliphatic carbocycles. The van der Waals surface area contributed by atoms with Gasteiger partial charge in [-0.15, -0.1) is 0 Å². The quantitative estimate of drug-likeness (QED) is 0.487. The summed E-state index contributed by atoms with van der Waals surface area (Å²) in [4.78, 5) is 35.5. The van der Waals surface area contributed by atoms with Crippen LogP contribution in [0.5, 0.6) is 0 Å². The summed E-state index contributed by atoms with van der Waals surface area (Å²) < 4.78 is 2.04. The fourth-order valence-corrected chi connectivity index (χ4v) is 4.48. The second kappa shape index (κ2) is 7.70. The number of carbonyl (C=O) groups is 1. The number of nitrogens with one attached hydrogen (secondary N) is 2. The van der Waals surface area contributed by atoms with Crippen LogP contribution >= 0.6 is 0 Å². The van der Waals surface area contributed by atoms with E-state index in [0.717, 1.165) is 39.5 Å². The van der Waals surface area contributed by atoms with Crippen LogP contribution in [-0.4, -0.2) is 41.4 Å². The normalized spacial score (nSPS) is 17.6. The number of carbonyl (C=O) groups excluding carboxylic acids is 1. The maximum atomic E-state index is 12.8. The van der Waals surface area contributed by atoms with Gasteiger partial charge in [-0.05, 0) is 46.8 Å². The lowest BCUT2D eigenvalue weighted by Crippen LogP contribution is -2.48. The van der Waals surface area contributed by atoms with Gasteiger partial charge in [0.1, 0.15) is 34.7 Å².